The minimum Gasteiger partial charge on any atom is -0.465 e. The number of amides is 2. The van der Waals surface area contributed by atoms with Crippen LogP contribution < -0.4 is 4.90 Å². The first-order chi connectivity index (χ1) is 21.1. The molecule has 2 saturated heterocycles. The number of morpholine rings is 1. The number of anilines is 1. The molecule has 0 bridgehead atoms. The zero-order chi connectivity index (χ0) is 31.0. The predicted molar refractivity (Wildman–Crippen MR) is 172 cm³/mol. The topological polar surface area (TPSA) is 103 Å². The molecule has 6 rings (SSSR count). The zero-order valence-electron chi connectivity index (χ0n) is 25.7. The number of hydrogen-bond acceptors (Lipinski definition) is 7. The third-order valence-corrected chi connectivity index (χ3v) is 10.5. The Hall–Kier alpha value is -3.76. The van der Waals surface area contributed by atoms with Gasteiger partial charge in [0.1, 0.15) is 0 Å². The van der Waals surface area contributed by atoms with Crippen molar-refractivity contribution in [1.29, 1.82) is 0 Å². The Kier molecular flexibility index (Phi) is 8.48. The normalized spacial score (nSPS) is 18.7. The second-order valence-electron chi connectivity index (χ2n) is 12.9. The van der Waals surface area contributed by atoms with Crippen molar-refractivity contribution in [3.8, 4) is 22.4 Å². The van der Waals surface area contributed by atoms with Gasteiger partial charge < -0.3 is 24.5 Å². The molecule has 2 amide bonds. The summed E-state index contributed by atoms with van der Waals surface area (Å²) < 4.78 is 5.64. The SMILES string of the molecule is CN(C(=O)O)C1CCN(C(=O)Cc2cccc(-c3cc(-c4c(N5CCOCC5)sc5c4CC(C)(C)CC5=O)ccn3)c2)CC1. The van der Waals surface area contributed by atoms with Gasteiger partial charge in [-0.15, -0.1) is 11.3 Å². The second-order valence-corrected chi connectivity index (χ2v) is 13.9. The summed E-state index contributed by atoms with van der Waals surface area (Å²) in [6.07, 6.45) is 3.89. The average molecular weight is 617 g/mol. The molecular formula is C34H40N4O5S. The molecular weight excluding hydrogens is 576 g/mol. The van der Waals surface area contributed by atoms with E-state index in [1.807, 2.05) is 41.4 Å². The van der Waals surface area contributed by atoms with Crippen LogP contribution in [0.5, 0.6) is 0 Å². The van der Waals surface area contributed by atoms with Gasteiger partial charge in [0, 0.05) is 63.0 Å². The van der Waals surface area contributed by atoms with Gasteiger partial charge >= 0.3 is 6.09 Å². The summed E-state index contributed by atoms with van der Waals surface area (Å²) in [5, 5.41) is 10.4. The van der Waals surface area contributed by atoms with Crippen LogP contribution in [-0.2, 0) is 22.4 Å². The summed E-state index contributed by atoms with van der Waals surface area (Å²) in [7, 11) is 1.59. The minimum atomic E-state index is -0.933. The molecule has 0 spiro atoms. The predicted octanol–water partition coefficient (Wildman–Crippen LogP) is 5.61. The van der Waals surface area contributed by atoms with Gasteiger partial charge in [0.2, 0.25) is 5.91 Å². The van der Waals surface area contributed by atoms with Gasteiger partial charge in [-0.05, 0) is 59.6 Å². The number of thiophene rings is 1. The Morgan fingerprint density at radius 1 is 1.07 bits per heavy atom. The lowest BCUT2D eigenvalue weighted by Crippen LogP contribution is -2.47. The Balaban J connectivity index is 1.25. The Morgan fingerprint density at radius 2 is 1.82 bits per heavy atom. The molecule has 3 aromatic rings. The first-order valence-corrected chi connectivity index (χ1v) is 16.2. The number of rotatable bonds is 6. The Labute approximate surface area is 262 Å². The van der Waals surface area contributed by atoms with Crippen LogP contribution in [0.25, 0.3) is 22.4 Å². The van der Waals surface area contributed by atoms with Gasteiger partial charge in [-0.2, -0.15) is 0 Å². The van der Waals surface area contributed by atoms with Crippen LogP contribution in [0, 0.1) is 5.41 Å². The molecule has 0 atom stereocenters. The number of ether oxygens (including phenoxy) is 1. The molecule has 0 saturated carbocycles. The minimum absolute atomic E-state index is 0.0487. The van der Waals surface area contributed by atoms with E-state index in [2.05, 4.69) is 24.8 Å². The first-order valence-electron chi connectivity index (χ1n) is 15.4. The number of pyridine rings is 1. The molecule has 1 aliphatic carbocycles. The van der Waals surface area contributed by atoms with Gasteiger partial charge in [-0.3, -0.25) is 14.6 Å². The molecule has 10 heteroatoms. The van der Waals surface area contributed by atoms with Crippen molar-refractivity contribution in [2.75, 3.05) is 51.3 Å². The second kappa shape index (κ2) is 12.3. The van der Waals surface area contributed by atoms with Crippen molar-refractivity contribution in [3.63, 3.8) is 0 Å². The summed E-state index contributed by atoms with van der Waals surface area (Å²) in [5.41, 5.74) is 5.91. The van der Waals surface area contributed by atoms with Crippen LogP contribution in [0.4, 0.5) is 9.80 Å². The number of ketones is 1. The molecule has 3 aliphatic rings. The number of fused-ring (bicyclic) bond motifs is 1. The van der Waals surface area contributed by atoms with E-state index >= 15 is 0 Å². The quantitative estimate of drug-likeness (QED) is 0.384. The largest absolute Gasteiger partial charge is 0.465 e. The van der Waals surface area contributed by atoms with E-state index in [9.17, 15) is 19.5 Å². The van der Waals surface area contributed by atoms with Crippen molar-refractivity contribution in [2.45, 2.75) is 52.0 Å². The van der Waals surface area contributed by atoms with Gasteiger partial charge in [0.15, 0.2) is 5.78 Å². The standard InChI is InChI=1S/C34H40N4O5S/c1-34(2)20-26-30(32(38-13-15-43-16-14-38)44-31(26)28(39)21-34)24-7-10-35-27(19-24)23-6-4-5-22(17-23)18-29(40)37-11-8-25(9-12-37)36(3)33(41)42/h4-7,10,17,19,25H,8-9,11-16,18,20-21H2,1-3H3,(H,41,42). The van der Waals surface area contributed by atoms with Gasteiger partial charge in [-0.25, -0.2) is 4.79 Å². The molecule has 1 aromatic carbocycles. The summed E-state index contributed by atoms with van der Waals surface area (Å²) in [5.74, 6) is 0.277. The number of benzene rings is 1. The molecule has 0 unspecified atom stereocenters. The van der Waals surface area contributed by atoms with E-state index in [0.29, 0.717) is 45.6 Å². The molecule has 2 fully saturated rings. The van der Waals surface area contributed by atoms with Crippen molar-refractivity contribution in [2.24, 2.45) is 5.41 Å². The van der Waals surface area contributed by atoms with E-state index < -0.39 is 6.09 Å². The first kappa shape index (κ1) is 30.3. The van der Waals surface area contributed by atoms with Crippen molar-refractivity contribution in [1.82, 2.24) is 14.8 Å². The summed E-state index contributed by atoms with van der Waals surface area (Å²) >= 11 is 1.63. The fraction of sp³-hybridized carbons (Fsp3) is 0.471. The number of nitrogens with zero attached hydrogens (tertiary/aromatic N) is 4. The number of hydrogen-bond donors (Lipinski definition) is 1. The Morgan fingerprint density at radius 3 is 2.55 bits per heavy atom. The highest BCUT2D eigenvalue weighted by Gasteiger charge is 2.37. The molecule has 232 valence electrons. The van der Waals surface area contributed by atoms with Gasteiger partial charge in [0.05, 0.1) is 35.2 Å². The van der Waals surface area contributed by atoms with E-state index in [1.54, 1.807) is 18.4 Å². The highest BCUT2D eigenvalue weighted by molar-refractivity contribution is 7.19. The lowest BCUT2D eigenvalue weighted by Gasteiger charge is -2.35. The zero-order valence-corrected chi connectivity index (χ0v) is 26.5. The molecule has 9 nitrogen and oxygen atoms in total. The van der Waals surface area contributed by atoms with E-state index in [-0.39, 0.29) is 29.6 Å². The maximum absolute atomic E-state index is 13.3. The fourth-order valence-corrected chi connectivity index (χ4v) is 8.05. The van der Waals surface area contributed by atoms with E-state index in [1.165, 1.54) is 4.90 Å². The lowest BCUT2D eigenvalue weighted by molar-refractivity contribution is -0.131. The maximum atomic E-state index is 13.3. The van der Waals surface area contributed by atoms with Crippen LogP contribution in [0.2, 0.25) is 0 Å². The number of aromatic nitrogens is 1. The lowest BCUT2D eigenvalue weighted by atomic mass is 9.75. The van der Waals surface area contributed by atoms with Crippen LogP contribution in [-0.4, -0.2) is 90.2 Å². The molecule has 4 heterocycles. The number of Topliss-reactive ketones (excluding diaryl/α,β-unsaturated/α-hetero) is 1. The molecule has 1 N–H and O–H groups in total. The molecule has 2 aromatic heterocycles. The van der Waals surface area contributed by atoms with Gasteiger partial charge in [-0.1, -0.05) is 32.0 Å². The number of likely N-dealkylation sites (tertiary alicyclic amines) is 1. The smallest absolute Gasteiger partial charge is 0.407 e. The van der Waals surface area contributed by atoms with Crippen LogP contribution in [0.1, 0.15) is 53.9 Å². The van der Waals surface area contributed by atoms with Crippen molar-refractivity contribution in [3.05, 3.63) is 58.6 Å². The van der Waals surface area contributed by atoms with Crippen molar-refractivity contribution >= 4 is 34.1 Å². The number of carbonyl (C=O) groups is 3. The van der Waals surface area contributed by atoms with Crippen LogP contribution in [0.3, 0.4) is 0 Å². The maximum Gasteiger partial charge on any atom is 0.407 e. The molecule has 0 radical (unpaired) electrons. The van der Waals surface area contributed by atoms with Gasteiger partial charge in [0.25, 0.3) is 0 Å². The fourth-order valence-electron chi connectivity index (χ4n) is 6.72. The highest BCUT2D eigenvalue weighted by Crippen LogP contribution is 2.49. The average Bonchev–Trinajstić information content (AvgIpc) is 3.40. The highest BCUT2D eigenvalue weighted by atomic mass is 32.1. The molecule has 44 heavy (non-hydrogen) atoms. The van der Waals surface area contributed by atoms with Crippen LogP contribution in [0.15, 0.2) is 42.6 Å². The van der Waals surface area contributed by atoms with E-state index in [0.717, 1.165) is 62.9 Å². The monoisotopic (exact) mass is 616 g/mol. The van der Waals surface area contributed by atoms with Crippen LogP contribution >= 0.6 is 11.3 Å². The number of carboxylic acid groups (broad SMARTS) is 1. The number of piperidine rings is 1. The molecule has 2 aliphatic heterocycles. The third kappa shape index (κ3) is 6.23. The summed E-state index contributed by atoms with van der Waals surface area (Å²) in [4.78, 5) is 48.9. The number of carbonyl (C=O) groups excluding carboxylic acids is 2. The summed E-state index contributed by atoms with van der Waals surface area (Å²) in [6, 6.07) is 12.1. The van der Waals surface area contributed by atoms with E-state index in [4.69, 9.17) is 9.72 Å². The Bertz CT molecular complexity index is 1570. The summed E-state index contributed by atoms with van der Waals surface area (Å²) in [6.45, 7) is 8.40. The van der Waals surface area contributed by atoms with Crippen molar-refractivity contribution < 1.29 is 24.2 Å². The third-order valence-electron chi connectivity index (χ3n) is 9.13.